The summed E-state index contributed by atoms with van der Waals surface area (Å²) in [5.74, 6) is 0.857. The Morgan fingerprint density at radius 2 is 1.83 bits per heavy atom. The topological polar surface area (TPSA) is 49.3 Å². The van der Waals surface area contributed by atoms with Gasteiger partial charge >= 0.3 is 0 Å². The van der Waals surface area contributed by atoms with Crippen LogP contribution in [0.15, 0.2) is 35.7 Å². The number of carbonyl (C=O) groups is 1. The van der Waals surface area contributed by atoms with E-state index in [9.17, 15) is 4.79 Å². The van der Waals surface area contributed by atoms with E-state index in [1.807, 2.05) is 18.2 Å². The molecule has 1 aliphatic rings. The fraction of sp³-hybridized carbons (Fsp3) is 0.235. The first-order valence-corrected chi connectivity index (χ1v) is 8.96. The molecule has 2 aromatic heterocycles. The molecule has 0 aliphatic carbocycles. The van der Waals surface area contributed by atoms with Crippen LogP contribution in [0.3, 0.4) is 0 Å². The summed E-state index contributed by atoms with van der Waals surface area (Å²) in [5.41, 5.74) is 2.27. The molecule has 1 amide bonds. The van der Waals surface area contributed by atoms with Gasteiger partial charge in [0.15, 0.2) is 0 Å². The molecule has 0 atom stereocenters. The molecule has 3 aromatic rings. The van der Waals surface area contributed by atoms with Gasteiger partial charge in [0, 0.05) is 37.1 Å². The number of carbonyl (C=O) groups excluding carboxylic acids is 1. The summed E-state index contributed by atoms with van der Waals surface area (Å²) in [6.07, 6.45) is 0.903. The number of benzene rings is 1. The van der Waals surface area contributed by atoms with Crippen LogP contribution in [0.4, 0.5) is 5.82 Å². The number of fused-ring (bicyclic) bond motifs is 1. The maximum atomic E-state index is 10.9. The van der Waals surface area contributed by atoms with Gasteiger partial charge in [-0.2, -0.15) is 4.98 Å². The minimum atomic E-state index is 0.261. The maximum absolute atomic E-state index is 10.9. The van der Waals surface area contributed by atoms with Crippen molar-refractivity contribution in [3.05, 3.63) is 41.0 Å². The molecular formula is C17H15ClN4OS. The SMILES string of the molecule is O=CN1CCN(c2nc(Cl)nc3scc(-c4ccccc4)c23)CC1. The van der Waals surface area contributed by atoms with Crippen LogP contribution < -0.4 is 4.90 Å². The van der Waals surface area contributed by atoms with Gasteiger partial charge in [0.2, 0.25) is 11.7 Å². The molecule has 24 heavy (non-hydrogen) atoms. The summed E-state index contributed by atoms with van der Waals surface area (Å²) >= 11 is 7.72. The molecular weight excluding hydrogens is 344 g/mol. The third-order valence-electron chi connectivity index (χ3n) is 4.23. The van der Waals surface area contributed by atoms with Crippen molar-refractivity contribution in [2.75, 3.05) is 31.1 Å². The quantitative estimate of drug-likeness (QED) is 0.532. The van der Waals surface area contributed by atoms with Gasteiger partial charge in [0.1, 0.15) is 10.6 Å². The average Bonchev–Trinajstić information content (AvgIpc) is 3.05. The number of hydrogen-bond acceptors (Lipinski definition) is 5. The van der Waals surface area contributed by atoms with E-state index in [-0.39, 0.29) is 5.28 Å². The van der Waals surface area contributed by atoms with E-state index in [0.717, 1.165) is 46.7 Å². The van der Waals surface area contributed by atoms with Crippen molar-refractivity contribution < 1.29 is 4.79 Å². The van der Waals surface area contributed by atoms with Crippen molar-refractivity contribution >= 4 is 45.4 Å². The normalized spacial score (nSPS) is 15.0. The zero-order valence-corrected chi connectivity index (χ0v) is 14.4. The second-order valence-corrected chi connectivity index (χ2v) is 6.84. The molecule has 4 rings (SSSR count). The molecule has 122 valence electrons. The fourth-order valence-electron chi connectivity index (χ4n) is 3.00. The van der Waals surface area contributed by atoms with Gasteiger partial charge in [-0.15, -0.1) is 11.3 Å². The Kier molecular flexibility index (Phi) is 4.08. The van der Waals surface area contributed by atoms with E-state index in [4.69, 9.17) is 11.6 Å². The van der Waals surface area contributed by atoms with E-state index in [0.29, 0.717) is 13.1 Å². The zero-order valence-electron chi connectivity index (χ0n) is 12.9. The lowest BCUT2D eigenvalue weighted by Crippen LogP contribution is -2.46. The number of nitrogens with zero attached hydrogens (tertiary/aromatic N) is 4. The van der Waals surface area contributed by atoms with Crippen LogP contribution in [-0.2, 0) is 4.79 Å². The fourth-order valence-corrected chi connectivity index (χ4v) is 4.15. The van der Waals surface area contributed by atoms with E-state index in [1.165, 1.54) is 0 Å². The Morgan fingerprint density at radius 1 is 1.08 bits per heavy atom. The number of aromatic nitrogens is 2. The Morgan fingerprint density at radius 3 is 2.54 bits per heavy atom. The third kappa shape index (κ3) is 2.72. The Balaban J connectivity index is 1.82. The first-order valence-electron chi connectivity index (χ1n) is 7.71. The average molecular weight is 359 g/mol. The third-order valence-corrected chi connectivity index (χ3v) is 5.28. The number of thiophene rings is 1. The largest absolute Gasteiger partial charge is 0.352 e. The predicted molar refractivity (Wildman–Crippen MR) is 97.7 cm³/mol. The summed E-state index contributed by atoms with van der Waals surface area (Å²) in [6.45, 7) is 2.87. The van der Waals surface area contributed by atoms with Crippen molar-refractivity contribution in [1.29, 1.82) is 0 Å². The van der Waals surface area contributed by atoms with Gasteiger partial charge in [0.25, 0.3) is 0 Å². The monoisotopic (exact) mass is 358 g/mol. The maximum Gasteiger partial charge on any atom is 0.225 e. The highest BCUT2D eigenvalue weighted by atomic mass is 35.5. The van der Waals surface area contributed by atoms with Crippen LogP contribution in [0.5, 0.6) is 0 Å². The lowest BCUT2D eigenvalue weighted by atomic mass is 10.1. The van der Waals surface area contributed by atoms with Gasteiger partial charge < -0.3 is 9.80 Å². The summed E-state index contributed by atoms with van der Waals surface area (Å²) in [6, 6.07) is 10.2. The Labute approximate surface area is 148 Å². The number of rotatable bonds is 3. The second-order valence-electron chi connectivity index (χ2n) is 5.64. The van der Waals surface area contributed by atoms with Gasteiger partial charge in [-0.25, -0.2) is 4.98 Å². The lowest BCUT2D eigenvalue weighted by Gasteiger charge is -2.33. The summed E-state index contributed by atoms with van der Waals surface area (Å²) in [4.78, 5) is 24.7. The van der Waals surface area contributed by atoms with Gasteiger partial charge in [0.05, 0.1) is 5.39 Å². The van der Waals surface area contributed by atoms with E-state index >= 15 is 0 Å². The smallest absolute Gasteiger partial charge is 0.225 e. The molecule has 0 saturated carbocycles. The number of anilines is 1. The highest BCUT2D eigenvalue weighted by molar-refractivity contribution is 7.17. The van der Waals surface area contributed by atoms with Crippen molar-refractivity contribution in [2.24, 2.45) is 0 Å². The first-order chi connectivity index (χ1) is 11.8. The van der Waals surface area contributed by atoms with E-state index in [2.05, 4.69) is 32.4 Å². The molecule has 0 N–H and O–H groups in total. The molecule has 1 fully saturated rings. The van der Waals surface area contributed by atoms with Crippen molar-refractivity contribution in [1.82, 2.24) is 14.9 Å². The molecule has 1 aromatic carbocycles. The molecule has 0 spiro atoms. The zero-order chi connectivity index (χ0) is 16.5. The summed E-state index contributed by atoms with van der Waals surface area (Å²) in [5, 5.41) is 3.41. The molecule has 5 nitrogen and oxygen atoms in total. The number of amides is 1. The molecule has 3 heterocycles. The first kappa shape index (κ1) is 15.4. The molecule has 0 bridgehead atoms. The summed E-state index contributed by atoms with van der Waals surface area (Å²) in [7, 11) is 0. The molecule has 0 unspecified atom stereocenters. The second kappa shape index (κ2) is 6.37. The van der Waals surface area contributed by atoms with Crippen LogP contribution in [0.2, 0.25) is 5.28 Å². The van der Waals surface area contributed by atoms with Crippen molar-refractivity contribution in [3.8, 4) is 11.1 Å². The van der Waals surface area contributed by atoms with Crippen LogP contribution in [-0.4, -0.2) is 47.5 Å². The highest BCUT2D eigenvalue weighted by Gasteiger charge is 2.22. The lowest BCUT2D eigenvalue weighted by molar-refractivity contribution is -0.118. The van der Waals surface area contributed by atoms with Crippen LogP contribution >= 0.6 is 22.9 Å². The standard InChI is InChI=1S/C17H15ClN4OS/c18-17-19-15(22-8-6-21(11-23)7-9-22)14-13(10-24-16(14)20-17)12-4-2-1-3-5-12/h1-5,10-11H,6-9H2. The predicted octanol–water partition coefficient (Wildman–Crippen LogP) is 3.29. The highest BCUT2D eigenvalue weighted by Crippen LogP contribution is 2.39. The van der Waals surface area contributed by atoms with Crippen molar-refractivity contribution in [2.45, 2.75) is 0 Å². The summed E-state index contributed by atoms with van der Waals surface area (Å²) < 4.78 is 0. The molecule has 7 heteroatoms. The molecule has 0 radical (unpaired) electrons. The van der Waals surface area contributed by atoms with E-state index in [1.54, 1.807) is 16.2 Å². The molecule has 1 saturated heterocycles. The molecule has 1 aliphatic heterocycles. The Hall–Kier alpha value is -2.18. The van der Waals surface area contributed by atoms with Crippen LogP contribution in [0.1, 0.15) is 0 Å². The van der Waals surface area contributed by atoms with Gasteiger partial charge in [-0.3, -0.25) is 4.79 Å². The minimum Gasteiger partial charge on any atom is -0.352 e. The Bertz CT molecular complexity index is 875. The van der Waals surface area contributed by atoms with E-state index < -0.39 is 0 Å². The van der Waals surface area contributed by atoms with Crippen molar-refractivity contribution in [3.63, 3.8) is 0 Å². The number of piperazine rings is 1. The number of hydrogen-bond donors (Lipinski definition) is 0. The van der Waals surface area contributed by atoms with Gasteiger partial charge in [-0.1, -0.05) is 30.3 Å². The van der Waals surface area contributed by atoms with Gasteiger partial charge in [-0.05, 0) is 17.2 Å². The van der Waals surface area contributed by atoms with Crippen LogP contribution in [0, 0.1) is 0 Å². The van der Waals surface area contributed by atoms with Crippen LogP contribution in [0.25, 0.3) is 21.3 Å². The number of halogens is 1. The minimum absolute atomic E-state index is 0.261.